The molecule has 2 nitrogen and oxygen atoms in total. The summed E-state index contributed by atoms with van der Waals surface area (Å²) in [4.78, 5) is 0. The molecule has 1 aromatic carbocycles. The number of hydrogen-bond donors (Lipinski definition) is 1. The lowest BCUT2D eigenvalue weighted by Gasteiger charge is -2.52. The van der Waals surface area contributed by atoms with Crippen LogP contribution in [0.5, 0.6) is 0 Å². The predicted octanol–water partition coefficient (Wildman–Crippen LogP) is 2.69. The number of benzene rings is 1. The fraction of sp³-hybridized carbons (Fsp3) is 0.538. The maximum Gasteiger partial charge on any atom is 0.0797 e. The van der Waals surface area contributed by atoms with E-state index in [4.69, 9.17) is 4.74 Å². The van der Waals surface area contributed by atoms with Crippen LogP contribution in [0.1, 0.15) is 24.3 Å². The summed E-state index contributed by atoms with van der Waals surface area (Å²) in [5, 5.41) is 3.40. The Labute approximate surface area is 105 Å². The van der Waals surface area contributed by atoms with Crippen LogP contribution >= 0.6 is 15.9 Å². The highest BCUT2D eigenvalue weighted by Gasteiger charge is 2.49. The van der Waals surface area contributed by atoms with Crippen LogP contribution in [-0.4, -0.2) is 25.3 Å². The Morgan fingerprint density at radius 2 is 2.00 bits per heavy atom. The highest BCUT2D eigenvalue weighted by Crippen LogP contribution is 2.48. The first-order valence-electron chi connectivity index (χ1n) is 5.91. The molecule has 2 saturated heterocycles. The van der Waals surface area contributed by atoms with Gasteiger partial charge in [0.25, 0.3) is 0 Å². The molecule has 2 aliphatic heterocycles. The minimum Gasteiger partial charge on any atom is -0.373 e. The summed E-state index contributed by atoms with van der Waals surface area (Å²) < 4.78 is 7.14. The maximum absolute atomic E-state index is 5.92. The minimum absolute atomic E-state index is 0.120. The first kappa shape index (κ1) is 10.8. The van der Waals surface area contributed by atoms with Gasteiger partial charge in [-0.1, -0.05) is 34.1 Å². The van der Waals surface area contributed by atoms with E-state index < -0.39 is 0 Å². The molecule has 16 heavy (non-hydrogen) atoms. The van der Waals surface area contributed by atoms with Crippen LogP contribution in [0, 0.1) is 0 Å². The third-order valence-corrected chi connectivity index (χ3v) is 4.63. The van der Waals surface area contributed by atoms with Gasteiger partial charge in [-0.2, -0.15) is 0 Å². The van der Waals surface area contributed by atoms with Crippen LogP contribution in [0.15, 0.2) is 28.7 Å². The van der Waals surface area contributed by atoms with Crippen LogP contribution in [0.3, 0.4) is 0 Å². The van der Waals surface area contributed by atoms with Gasteiger partial charge in [-0.15, -0.1) is 0 Å². The van der Waals surface area contributed by atoms with Crippen LogP contribution in [0.2, 0.25) is 0 Å². The molecular weight excluding hydrogens is 266 g/mol. The molecule has 0 amide bonds. The molecule has 1 atom stereocenters. The quantitative estimate of drug-likeness (QED) is 0.855. The number of rotatable bonds is 1. The van der Waals surface area contributed by atoms with E-state index >= 15 is 0 Å². The van der Waals surface area contributed by atoms with E-state index in [-0.39, 0.29) is 5.60 Å². The van der Waals surface area contributed by atoms with Gasteiger partial charge in [0.1, 0.15) is 0 Å². The van der Waals surface area contributed by atoms with Crippen LogP contribution in [0.25, 0.3) is 0 Å². The molecule has 2 heterocycles. The largest absolute Gasteiger partial charge is 0.373 e. The fourth-order valence-corrected chi connectivity index (χ4v) is 3.44. The first-order valence-corrected chi connectivity index (χ1v) is 6.70. The van der Waals surface area contributed by atoms with Crippen LogP contribution in [-0.2, 0) is 4.74 Å². The highest BCUT2D eigenvalue weighted by molar-refractivity contribution is 9.10. The molecule has 1 spiro atoms. The zero-order chi connectivity index (χ0) is 11.0. The lowest BCUT2D eigenvalue weighted by atomic mass is 9.72. The topological polar surface area (TPSA) is 21.3 Å². The van der Waals surface area contributed by atoms with Crippen molar-refractivity contribution >= 4 is 15.9 Å². The lowest BCUT2D eigenvalue weighted by Crippen LogP contribution is -2.57. The van der Waals surface area contributed by atoms with Crippen molar-refractivity contribution in [1.82, 2.24) is 5.32 Å². The van der Waals surface area contributed by atoms with E-state index in [0.29, 0.717) is 5.92 Å². The summed E-state index contributed by atoms with van der Waals surface area (Å²) in [6.07, 6.45) is 2.28. The van der Waals surface area contributed by atoms with E-state index in [2.05, 4.69) is 45.5 Å². The van der Waals surface area contributed by atoms with Crippen molar-refractivity contribution < 1.29 is 4.74 Å². The summed E-state index contributed by atoms with van der Waals surface area (Å²) in [6, 6.07) is 8.54. The number of hydrogen-bond acceptors (Lipinski definition) is 2. The fourth-order valence-electron chi connectivity index (χ4n) is 2.88. The second kappa shape index (κ2) is 4.13. The SMILES string of the molecule is Brc1ccccc1C1COC12CCNCC2. The molecule has 2 aliphatic rings. The summed E-state index contributed by atoms with van der Waals surface area (Å²) in [6.45, 7) is 3.05. The monoisotopic (exact) mass is 281 g/mol. The number of ether oxygens (including phenoxy) is 1. The van der Waals surface area contributed by atoms with Gasteiger partial charge in [0.05, 0.1) is 12.2 Å². The summed E-state index contributed by atoms with van der Waals surface area (Å²) >= 11 is 3.65. The number of halogens is 1. The second-order valence-electron chi connectivity index (χ2n) is 4.70. The van der Waals surface area contributed by atoms with Gasteiger partial charge in [-0.3, -0.25) is 0 Å². The summed E-state index contributed by atoms with van der Waals surface area (Å²) in [7, 11) is 0. The highest BCUT2D eigenvalue weighted by atomic mass is 79.9. The van der Waals surface area contributed by atoms with Gasteiger partial charge in [0, 0.05) is 10.4 Å². The van der Waals surface area contributed by atoms with Gasteiger partial charge < -0.3 is 10.1 Å². The van der Waals surface area contributed by atoms with E-state index in [1.807, 2.05) is 0 Å². The Morgan fingerprint density at radius 1 is 1.25 bits per heavy atom. The third kappa shape index (κ3) is 1.62. The summed E-state index contributed by atoms with van der Waals surface area (Å²) in [5.74, 6) is 0.574. The number of nitrogens with one attached hydrogen (secondary N) is 1. The van der Waals surface area contributed by atoms with E-state index in [1.54, 1.807) is 0 Å². The number of piperidine rings is 1. The molecule has 3 rings (SSSR count). The van der Waals surface area contributed by atoms with E-state index in [1.165, 1.54) is 10.0 Å². The van der Waals surface area contributed by atoms with Crippen molar-refractivity contribution in [1.29, 1.82) is 0 Å². The molecule has 1 N–H and O–H groups in total. The van der Waals surface area contributed by atoms with Gasteiger partial charge in [0.15, 0.2) is 0 Å². The summed E-state index contributed by atoms with van der Waals surface area (Å²) in [5.41, 5.74) is 1.53. The molecular formula is C13H16BrNO. The maximum atomic E-state index is 5.92. The van der Waals surface area contributed by atoms with Crippen LogP contribution < -0.4 is 5.32 Å². The van der Waals surface area contributed by atoms with Crippen molar-refractivity contribution in [3.63, 3.8) is 0 Å². The smallest absolute Gasteiger partial charge is 0.0797 e. The van der Waals surface area contributed by atoms with Gasteiger partial charge >= 0.3 is 0 Å². The molecule has 1 unspecified atom stereocenters. The van der Waals surface area contributed by atoms with E-state index in [9.17, 15) is 0 Å². The molecule has 0 radical (unpaired) electrons. The first-order chi connectivity index (χ1) is 7.82. The Bertz CT molecular complexity index is 387. The van der Waals surface area contributed by atoms with Crippen molar-refractivity contribution in [3.8, 4) is 0 Å². The molecule has 86 valence electrons. The Morgan fingerprint density at radius 3 is 2.62 bits per heavy atom. The lowest BCUT2D eigenvalue weighted by molar-refractivity contribution is -0.184. The Hall–Kier alpha value is -0.380. The molecule has 0 aromatic heterocycles. The zero-order valence-corrected chi connectivity index (χ0v) is 10.8. The van der Waals surface area contributed by atoms with Crippen molar-refractivity contribution in [3.05, 3.63) is 34.3 Å². The van der Waals surface area contributed by atoms with Crippen molar-refractivity contribution in [2.24, 2.45) is 0 Å². The van der Waals surface area contributed by atoms with Crippen LogP contribution in [0.4, 0.5) is 0 Å². The van der Waals surface area contributed by atoms with Crippen molar-refractivity contribution in [2.45, 2.75) is 24.4 Å². The average molecular weight is 282 g/mol. The molecule has 2 fully saturated rings. The van der Waals surface area contributed by atoms with Gasteiger partial charge in [0.2, 0.25) is 0 Å². The van der Waals surface area contributed by atoms with Gasteiger partial charge in [-0.05, 0) is 37.6 Å². The molecule has 3 heteroatoms. The predicted molar refractivity (Wildman–Crippen MR) is 67.7 cm³/mol. The Balaban J connectivity index is 1.88. The Kier molecular flexibility index (Phi) is 2.78. The second-order valence-corrected chi connectivity index (χ2v) is 5.55. The van der Waals surface area contributed by atoms with Gasteiger partial charge in [-0.25, -0.2) is 0 Å². The zero-order valence-electron chi connectivity index (χ0n) is 9.21. The normalized spacial score (nSPS) is 27.7. The minimum atomic E-state index is 0.120. The molecule has 1 aromatic rings. The average Bonchev–Trinajstić information content (AvgIpc) is 2.32. The van der Waals surface area contributed by atoms with Crippen molar-refractivity contribution in [2.75, 3.05) is 19.7 Å². The third-order valence-electron chi connectivity index (χ3n) is 3.90. The van der Waals surface area contributed by atoms with E-state index in [0.717, 1.165) is 32.5 Å². The standard InChI is InChI=1S/C13H16BrNO/c14-12-4-2-1-3-10(12)11-9-16-13(11)5-7-15-8-6-13/h1-4,11,15H,5-9H2. The molecule has 0 aliphatic carbocycles. The molecule has 0 saturated carbocycles. The molecule has 0 bridgehead atoms.